The monoisotopic (exact) mass is 410 g/mol. The van der Waals surface area contributed by atoms with Crippen LogP contribution in [0, 0.1) is 0 Å². The molecule has 0 heterocycles. The first-order chi connectivity index (χ1) is 12.2. The second-order valence-corrected chi connectivity index (χ2v) is 6.77. The molecule has 7 N–H and O–H groups in total. The SMILES string of the molecule is CSCCC(NC(=O)C(CS)NC(=O)CN)C(=O)NC(C(=O)O)C(C)O. The molecule has 0 aromatic heterocycles. The molecule has 0 radical (unpaired) electrons. The molecule has 0 aliphatic carbocycles. The standard InChI is InChI=1S/C14H26N4O6S2/c1-7(19)11(14(23)24)18-12(21)8(3-4-26-2)17-13(22)9(6-25)16-10(20)5-15/h7-9,11,19,25H,3-6,15H2,1-2H3,(H,16,20)(H,17,22)(H,18,21)(H,23,24). The Labute approximate surface area is 161 Å². The molecule has 0 aromatic rings. The van der Waals surface area contributed by atoms with E-state index in [-0.39, 0.29) is 18.7 Å². The van der Waals surface area contributed by atoms with Crippen molar-refractivity contribution in [2.24, 2.45) is 5.73 Å². The molecule has 150 valence electrons. The molecule has 0 saturated carbocycles. The van der Waals surface area contributed by atoms with Crippen molar-refractivity contribution in [1.82, 2.24) is 16.0 Å². The predicted octanol–water partition coefficient (Wildman–Crippen LogP) is -2.45. The van der Waals surface area contributed by atoms with Crippen LogP contribution in [0.1, 0.15) is 13.3 Å². The molecular weight excluding hydrogens is 384 g/mol. The van der Waals surface area contributed by atoms with Gasteiger partial charge in [0.05, 0.1) is 12.6 Å². The van der Waals surface area contributed by atoms with E-state index in [4.69, 9.17) is 10.8 Å². The third-order valence-electron chi connectivity index (χ3n) is 3.31. The van der Waals surface area contributed by atoms with Crippen molar-refractivity contribution in [1.29, 1.82) is 0 Å². The van der Waals surface area contributed by atoms with Crippen molar-refractivity contribution in [3.8, 4) is 0 Å². The second-order valence-electron chi connectivity index (χ2n) is 5.41. The summed E-state index contributed by atoms with van der Waals surface area (Å²) in [5.74, 6) is -2.84. The van der Waals surface area contributed by atoms with Crippen LogP contribution in [0.3, 0.4) is 0 Å². The number of amides is 3. The van der Waals surface area contributed by atoms with Crippen LogP contribution in [0.25, 0.3) is 0 Å². The molecule has 0 saturated heterocycles. The summed E-state index contributed by atoms with van der Waals surface area (Å²) in [6.45, 7) is 0.927. The Morgan fingerprint density at radius 1 is 1.12 bits per heavy atom. The van der Waals surface area contributed by atoms with Crippen molar-refractivity contribution in [3.05, 3.63) is 0 Å². The topological polar surface area (TPSA) is 171 Å². The van der Waals surface area contributed by atoms with Crippen molar-refractivity contribution >= 4 is 48.1 Å². The number of nitrogens with one attached hydrogen (secondary N) is 3. The van der Waals surface area contributed by atoms with Gasteiger partial charge in [-0.1, -0.05) is 0 Å². The highest BCUT2D eigenvalue weighted by atomic mass is 32.2. The van der Waals surface area contributed by atoms with Gasteiger partial charge in [0, 0.05) is 5.75 Å². The Morgan fingerprint density at radius 2 is 1.69 bits per heavy atom. The van der Waals surface area contributed by atoms with Crippen molar-refractivity contribution in [2.45, 2.75) is 37.6 Å². The molecule has 0 bridgehead atoms. The molecule has 0 fully saturated rings. The fourth-order valence-electron chi connectivity index (χ4n) is 1.87. The highest BCUT2D eigenvalue weighted by Crippen LogP contribution is 2.04. The zero-order chi connectivity index (χ0) is 20.3. The van der Waals surface area contributed by atoms with E-state index in [9.17, 15) is 24.3 Å². The van der Waals surface area contributed by atoms with Gasteiger partial charge in [0.2, 0.25) is 17.7 Å². The van der Waals surface area contributed by atoms with Gasteiger partial charge in [-0.3, -0.25) is 14.4 Å². The number of carboxylic acids is 1. The Bertz CT molecular complexity index is 506. The number of hydrogen-bond donors (Lipinski definition) is 7. The van der Waals surface area contributed by atoms with Crippen molar-refractivity contribution < 1.29 is 29.4 Å². The molecule has 0 aliphatic rings. The van der Waals surface area contributed by atoms with Gasteiger partial charge in [0.1, 0.15) is 12.1 Å². The first-order valence-corrected chi connectivity index (χ1v) is 9.81. The maximum atomic E-state index is 12.4. The van der Waals surface area contributed by atoms with Gasteiger partial charge >= 0.3 is 5.97 Å². The molecule has 0 aliphatic heterocycles. The summed E-state index contributed by atoms with van der Waals surface area (Å²) >= 11 is 5.43. The summed E-state index contributed by atoms with van der Waals surface area (Å²) in [6.07, 6.45) is 0.724. The minimum Gasteiger partial charge on any atom is -0.480 e. The van der Waals surface area contributed by atoms with Gasteiger partial charge in [0.15, 0.2) is 6.04 Å². The maximum absolute atomic E-state index is 12.4. The van der Waals surface area contributed by atoms with Crippen LogP contribution in [0.15, 0.2) is 0 Å². The number of aliphatic hydroxyl groups is 1. The van der Waals surface area contributed by atoms with E-state index in [0.29, 0.717) is 5.75 Å². The van der Waals surface area contributed by atoms with Gasteiger partial charge in [-0.15, -0.1) is 0 Å². The second kappa shape index (κ2) is 12.8. The molecule has 0 spiro atoms. The lowest BCUT2D eigenvalue weighted by Gasteiger charge is -2.24. The first kappa shape index (κ1) is 24.5. The Hall–Kier alpha value is -1.50. The smallest absolute Gasteiger partial charge is 0.328 e. The third-order valence-corrected chi connectivity index (χ3v) is 4.32. The normalized spacial score (nSPS) is 15.3. The van der Waals surface area contributed by atoms with Gasteiger partial charge in [-0.2, -0.15) is 24.4 Å². The average Bonchev–Trinajstić information content (AvgIpc) is 2.59. The van der Waals surface area contributed by atoms with Gasteiger partial charge in [-0.25, -0.2) is 4.79 Å². The largest absolute Gasteiger partial charge is 0.480 e. The predicted molar refractivity (Wildman–Crippen MR) is 101 cm³/mol. The molecule has 0 rings (SSSR count). The van der Waals surface area contributed by atoms with E-state index in [1.54, 1.807) is 0 Å². The summed E-state index contributed by atoms with van der Waals surface area (Å²) < 4.78 is 0. The number of nitrogens with two attached hydrogens (primary N) is 1. The minimum atomic E-state index is -1.51. The molecule has 4 unspecified atom stereocenters. The van der Waals surface area contributed by atoms with Crippen LogP contribution < -0.4 is 21.7 Å². The number of aliphatic carboxylic acids is 1. The quantitative estimate of drug-likeness (QED) is 0.174. The number of rotatable bonds is 12. The zero-order valence-corrected chi connectivity index (χ0v) is 16.3. The number of thiol groups is 1. The summed E-state index contributed by atoms with van der Waals surface area (Å²) in [7, 11) is 0. The van der Waals surface area contributed by atoms with E-state index in [1.165, 1.54) is 18.7 Å². The molecule has 10 nitrogen and oxygen atoms in total. The molecule has 12 heteroatoms. The van der Waals surface area contributed by atoms with E-state index in [1.807, 2.05) is 6.26 Å². The zero-order valence-electron chi connectivity index (χ0n) is 14.6. The van der Waals surface area contributed by atoms with Crippen molar-refractivity contribution in [2.75, 3.05) is 24.3 Å². The Balaban J connectivity index is 5.11. The van der Waals surface area contributed by atoms with Gasteiger partial charge in [0.25, 0.3) is 0 Å². The highest BCUT2D eigenvalue weighted by molar-refractivity contribution is 7.98. The Kier molecular flexibility index (Phi) is 12.1. The van der Waals surface area contributed by atoms with Crippen LogP contribution >= 0.6 is 24.4 Å². The van der Waals surface area contributed by atoms with E-state index < -0.39 is 47.9 Å². The highest BCUT2D eigenvalue weighted by Gasteiger charge is 2.30. The van der Waals surface area contributed by atoms with Crippen LogP contribution in [-0.4, -0.2) is 82.4 Å². The number of carbonyl (C=O) groups excluding carboxylic acids is 3. The fourth-order valence-corrected chi connectivity index (χ4v) is 2.60. The average molecular weight is 411 g/mol. The number of carbonyl (C=O) groups is 4. The summed E-state index contributed by atoms with van der Waals surface area (Å²) in [5.41, 5.74) is 5.19. The van der Waals surface area contributed by atoms with E-state index >= 15 is 0 Å². The molecule has 0 aromatic carbocycles. The summed E-state index contributed by atoms with van der Waals surface area (Å²) in [4.78, 5) is 47.1. The maximum Gasteiger partial charge on any atom is 0.328 e. The number of carboxylic acid groups (broad SMARTS) is 1. The van der Waals surface area contributed by atoms with Crippen LogP contribution in [0.4, 0.5) is 0 Å². The molecule has 3 amide bonds. The molecule has 26 heavy (non-hydrogen) atoms. The molecular formula is C14H26N4O6S2. The lowest BCUT2D eigenvalue weighted by Crippen LogP contribution is -2.58. The van der Waals surface area contributed by atoms with E-state index in [2.05, 4.69) is 28.6 Å². The number of thioether (sulfide) groups is 1. The molecule has 4 atom stereocenters. The third kappa shape index (κ3) is 8.74. The van der Waals surface area contributed by atoms with Crippen LogP contribution in [-0.2, 0) is 19.2 Å². The van der Waals surface area contributed by atoms with Gasteiger partial charge < -0.3 is 31.9 Å². The summed E-state index contributed by atoms with van der Waals surface area (Å²) in [6, 6.07) is -3.53. The van der Waals surface area contributed by atoms with Crippen LogP contribution in [0.2, 0.25) is 0 Å². The number of hydrogen-bond acceptors (Lipinski definition) is 8. The lowest BCUT2D eigenvalue weighted by atomic mass is 10.1. The summed E-state index contributed by atoms with van der Waals surface area (Å²) in [5, 5.41) is 25.6. The number of aliphatic hydroxyl groups excluding tert-OH is 1. The first-order valence-electron chi connectivity index (χ1n) is 7.78. The minimum absolute atomic E-state index is 0.0140. The van der Waals surface area contributed by atoms with Gasteiger partial charge in [-0.05, 0) is 25.4 Å². The lowest BCUT2D eigenvalue weighted by molar-refractivity contribution is -0.145. The fraction of sp³-hybridized carbons (Fsp3) is 0.714. The van der Waals surface area contributed by atoms with Crippen molar-refractivity contribution in [3.63, 3.8) is 0 Å². The Morgan fingerprint density at radius 3 is 2.12 bits per heavy atom. The van der Waals surface area contributed by atoms with Crippen LogP contribution in [0.5, 0.6) is 0 Å². The van der Waals surface area contributed by atoms with E-state index in [0.717, 1.165) is 0 Å².